The predicted octanol–water partition coefficient (Wildman–Crippen LogP) is 3.98. The van der Waals surface area contributed by atoms with Gasteiger partial charge in [-0.05, 0) is 37.5 Å². The average molecular weight is 352 g/mol. The molecule has 0 unspecified atom stereocenters. The van der Waals surface area contributed by atoms with Gasteiger partial charge in [0.1, 0.15) is 6.61 Å². The van der Waals surface area contributed by atoms with Crippen LogP contribution in [0.3, 0.4) is 0 Å². The molecule has 2 aromatic carbocycles. The normalized spacial score (nSPS) is 14.7. The maximum absolute atomic E-state index is 12.3. The van der Waals surface area contributed by atoms with Gasteiger partial charge in [0.15, 0.2) is 0 Å². The van der Waals surface area contributed by atoms with Gasteiger partial charge in [-0.15, -0.1) is 0 Å². The Hall–Kier alpha value is -2.82. The van der Waals surface area contributed by atoms with Crippen LogP contribution in [0.15, 0.2) is 54.6 Å². The van der Waals surface area contributed by atoms with E-state index in [1.165, 1.54) is 5.56 Å². The summed E-state index contributed by atoms with van der Waals surface area (Å²) in [6, 6.07) is 17.2. The van der Waals surface area contributed by atoms with Crippen LogP contribution in [0.25, 0.3) is 0 Å². The second-order valence-corrected chi connectivity index (χ2v) is 6.65. The lowest BCUT2D eigenvalue weighted by atomic mass is 9.97. The molecule has 5 heteroatoms. The van der Waals surface area contributed by atoms with E-state index in [-0.39, 0.29) is 17.9 Å². The SMILES string of the molecule is Cc1ccc(COC(=O)C2CCN(C(=O)Nc3ccccc3)CC2)cc1. The highest BCUT2D eigenvalue weighted by Gasteiger charge is 2.28. The smallest absolute Gasteiger partial charge is 0.321 e. The fourth-order valence-corrected chi connectivity index (χ4v) is 3.00. The summed E-state index contributed by atoms with van der Waals surface area (Å²) in [5.41, 5.74) is 2.95. The molecule has 0 saturated carbocycles. The number of esters is 1. The molecule has 0 aromatic heterocycles. The molecule has 0 bridgehead atoms. The number of carbonyl (C=O) groups is 2. The lowest BCUT2D eigenvalue weighted by molar-refractivity contribution is -0.151. The number of piperidine rings is 1. The van der Waals surface area contributed by atoms with Gasteiger partial charge in [-0.3, -0.25) is 4.79 Å². The first-order chi connectivity index (χ1) is 12.6. The Morgan fingerprint density at radius 1 is 1.04 bits per heavy atom. The van der Waals surface area contributed by atoms with Crippen molar-refractivity contribution in [3.05, 3.63) is 65.7 Å². The minimum absolute atomic E-state index is 0.123. The van der Waals surface area contributed by atoms with E-state index in [4.69, 9.17) is 4.74 Å². The van der Waals surface area contributed by atoms with E-state index in [9.17, 15) is 9.59 Å². The number of hydrogen-bond acceptors (Lipinski definition) is 3. The van der Waals surface area contributed by atoms with Crippen LogP contribution in [0.1, 0.15) is 24.0 Å². The van der Waals surface area contributed by atoms with E-state index < -0.39 is 0 Å². The van der Waals surface area contributed by atoms with E-state index in [0.717, 1.165) is 11.3 Å². The first-order valence-corrected chi connectivity index (χ1v) is 8.95. The van der Waals surface area contributed by atoms with Crippen LogP contribution in [-0.4, -0.2) is 30.0 Å². The van der Waals surface area contributed by atoms with Crippen molar-refractivity contribution in [3.63, 3.8) is 0 Å². The minimum Gasteiger partial charge on any atom is -0.461 e. The fraction of sp³-hybridized carbons (Fsp3) is 0.333. The number of urea groups is 1. The predicted molar refractivity (Wildman–Crippen MR) is 101 cm³/mol. The molecular formula is C21H24N2O3. The summed E-state index contributed by atoms with van der Waals surface area (Å²) >= 11 is 0. The largest absolute Gasteiger partial charge is 0.461 e. The Bertz CT molecular complexity index is 736. The standard InChI is InChI=1S/C21H24N2O3/c1-16-7-9-17(10-8-16)15-26-20(24)18-11-13-23(14-12-18)21(25)22-19-5-3-2-4-6-19/h2-10,18H,11-15H2,1H3,(H,22,25). The zero-order valence-electron chi connectivity index (χ0n) is 15.0. The Morgan fingerprint density at radius 3 is 2.35 bits per heavy atom. The zero-order valence-corrected chi connectivity index (χ0v) is 15.0. The lowest BCUT2D eigenvalue weighted by Gasteiger charge is -2.31. The van der Waals surface area contributed by atoms with Gasteiger partial charge < -0.3 is 15.0 Å². The summed E-state index contributed by atoms with van der Waals surface area (Å²) in [6.07, 6.45) is 1.27. The number of nitrogens with one attached hydrogen (secondary N) is 1. The molecule has 0 aliphatic carbocycles. The monoisotopic (exact) mass is 352 g/mol. The van der Waals surface area contributed by atoms with Gasteiger partial charge in [0.05, 0.1) is 5.92 Å². The van der Waals surface area contributed by atoms with Gasteiger partial charge in [-0.2, -0.15) is 0 Å². The van der Waals surface area contributed by atoms with Gasteiger partial charge in [0.25, 0.3) is 0 Å². The number of likely N-dealkylation sites (tertiary alicyclic amines) is 1. The van der Waals surface area contributed by atoms with Crippen molar-refractivity contribution in [1.29, 1.82) is 0 Å². The van der Waals surface area contributed by atoms with Crippen molar-refractivity contribution in [2.24, 2.45) is 5.92 Å². The van der Waals surface area contributed by atoms with Crippen molar-refractivity contribution in [2.45, 2.75) is 26.4 Å². The number of amides is 2. The Morgan fingerprint density at radius 2 is 1.69 bits per heavy atom. The Balaban J connectivity index is 1.43. The van der Waals surface area contributed by atoms with Gasteiger partial charge in [-0.25, -0.2) is 4.79 Å². The number of nitrogens with zero attached hydrogens (tertiary/aromatic N) is 1. The quantitative estimate of drug-likeness (QED) is 0.847. The molecule has 26 heavy (non-hydrogen) atoms. The highest BCUT2D eigenvalue weighted by Crippen LogP contribution is 2.20. The van der Waals surface area contributed by atoms with Crippen molar-refractivity contribution in [3.8, 4) is 0 Å². The van der Waals surface area contributed by atoms with Crippen molar-refractivity contribution in [2.75, 3.05) is 18.4 Å². The lowest BCUT2D eigenvalue weighted by Crippen LogP contribution is -2.42. The number of hydrogen-bond donors (Lipinski definition) is 1. The molecule has 0 atom stereocenters. The first kappa shape index (κ1) is 18.0. The third kappa shape index (κ3) is 4.85. The summed E-state index contributed by atoms with van der Waals surface area (Å²) in [5.74, 6) is -0.310. The van der Waals surface area contributed by atoms with Gasteiger partial charge >= 0.3 is 12.0 Å². The summed E-state index contributed by atoms with van der Waals surface area (Å²) < 4.78 is 5.44. The number of rotatable bonds is 4. The first-order valence-electron chi connectivity index (χ1n) is 8.95. The Labute approximate surface area is 154 Å². The number of ether oxygens (including phenoxy) is 1. The summed E-state index contributed by atoms with van der Waals surface area (Å²) in [5, 5.41) is 2.88. The fourth-order valence-electron chi connectivity index (χ4n) is 3.00. The van der Waals surface area contributed by atoms with Crippen LogP contribution >= 0.6 is 0 Å². The van der Waals surface area contributed by atoms with E-state index >= 15 is 0 Å². The van der Waals surface area contributed by atoms with Crippen LogP contribution < -0.4 is 5.32 Å². The van der Waals surface area contributed by atoms with Crippen LogP contribution in [0, 0.1) is 12.8 Å². The number of carbonyl (C=O) groups excluding carboxylic acids is 2. The molecule has 1 aliphatic rings. The molecule has 1 heterocycles. The molecule has 1 fully saturated rings. The summed E-state index contributed by atoms with van der Waals surface area (Å²) in [7, 11) is 0. The number of benzene rings is 2. The molecule has 3 rings (SSSR count). The maximum Gasteiger partial charge on any atom is 0.321 e. The van der Waals surface area contributed by atoms with Gasteiger partial charge in [0, 0.05) is 18.8 Å². The third-order valence-electron chi connectivity index (χ3n) is 4.64. The highest BCUT2D eigenvalue weighted by molar-refractivity contribution is 5.89. The molecule has 0 radical (unpaired) electrons. The molecule has 1 saturated heterocycles. The number of anilines is 1. The van der Waals surface area contributed by atoms with Crippen LogP contribution in [0.5, 0.6) is 0 Å². The highest BCUT2D eigenvalue weighted by atomic mass is 16.5. The zero-order chi connectivity index (χ0) is 18.4. The molecular weight excluding hydrogens is 328 g/mol. The van der Waals surface area contributed by atoms with E-state index in [1.807, 2.05) is 61.5 Å². The van der Waals surface area contributed by atoms with Crippen molar-refractivity contribution < 1.29 is 14.3 Å². The number of para-hydroxylation sites is 1. The van der Waals surface area contributed by atoms with Gasteiger partial charge in [-0.1, -0.05) is 48.0 Å². The molecule has 2 amide bonds. The third-order valence-corrected chi connectivity index (χ3v) is 4.64. The van der Waals surface area contributed by atoms with E-state index in [1.54, 1.807) is 4.90 Å². The molecule has 2 aromatic rings. The second kappa shape index (κ2) is 8.52. The number of aryl methyl sites for hydroxylation is 1. The van der Waals surface area contributed by atoms with Crippen LogP contribution in [-0.2, 0) is 16.1 Å². The van der Waals surface area contributed by atoms with Gasteiger partial charge in [0.2, 0.25) is 0 Å². The Kier molecular flexibility index (Phi) is 5.89. The van der Waals surface area contributed by atoms with Crippen LogP contribution in [0.2, 0.25) is 0 Å². The molecule has 136 valence electrons. The molecule has 5 nitrogen and oxygen atoms in total. The van der Waals surface area contributed by atoms with Crippen molar-refractivity contribution >= 4 is 17.7 Å². The molecule has 1 aliphatic heterocycles. The maximum atomic E-state index is 12.3. The van der Waals surface area contributed by atoms with Crippen molar-refractivity contribution in [1.82, 2.24) is 4.90 Å². The topological polar surface area (TPSA) is 58.6 Å². The second-order valence-electron chi connectivity index (χ2n) is 6.65. The van der Waals surface area contributed by atoms with E-state index in [0.29, 0.717) is 32.5 Å². The molecule has 1 N–H and O–H groups in total. The average Bonchev–Trinajstić information content (AvgIpc) is 2.68. The minimum atomic E-state index is -0.173. The summed E-state index contributed by atoms with van der Waals surface area (Å²) in [4.78, 5) is 26.3. The molecule has 0 spiro atoms. The van der Waals surface area contributed by atoms with E-state index in [2.05, 4.69) is 5.32 Å². The van der Waals surface area contributed by atoms with Crippen LogP contribution in [0.4, 0.5) is 10.5 Å². The summed E-state index contributed by atoms with van der Waals surface area (Å²) in [6.45, 7) is 3.44.